The molecule has 0 aliphatic rings. The van der Waals surface area contributed by atoms with Gasteiger partial charge in [-0.3, -0.25) is 4.68 Å². The highest BCUT2D eigenvalue weighted by Gasteiger charge is 2.20. The molecule has 1 aromatic carbocycles. The lowest BCUT2D eigenvalue weighted by atomic mass is 10.1. The van der Waals surface area contributed by atoms with Gasteiger partial charge in [0.1, 0.15) is 6.04 Å². The summed E-state index contributed by atoms with van der Waals surface area (Å²) in [5.74, 6) is -0.242. The van der Waals surface area contributed by atoms with E-state index in [9.17, 15) is 4.79 Å². The first-order chi connectivity index (χ1) is 10.2. The fourth-order valence-corrected chi connectivity index (χ4v) is 2.20. The Bertz CT molecular complexity index is 566. The SMILES string of the molecule is CCOC(=O)C(NCCc1ccnn1C)c1ccccc1. The molecular weight excluding hydrogens is 266 g/mol. The Morgan fingerprint density at radius 1 is 1.33 bits per heavy atom. The van der Waals surface area contributed by atoms with Gasteiger partial charge in [-0.25, -0.2) is 4.79 Å². The van der Waals surface area contributed by atoms with Gasteiger partial charge in [0.25, 0.3) is 0 Å². The van der Waals surface area contributed by atoms with Crippen LogP contribution in [0.25, 0.3) is 0 Å². The monoisotopic (exact) mass is 287 g/mol. The zero-order chi connectivity index (χ0) is 15.1. The number of ether oxygens (including phenoxy) is 1. The molecule has 21 heavy (non-hydrogen) atoms. The molecule has 0 saturated carbocycles. The van der Waals surface area contributed by atoms with E-state index in [2.05, 4.69) is 10.4 Å². The van der Waals surface area contributed by atoms with Gasteiger partial charge in [-0.15, -0.1) is 0 Å². The summed E-state index contributed by atoms with van der Waals surface area (Å²) in [6.45, 7) is 2.87. The van der Waals surface area contributed by atoms with Gasteiger partial charge in [0, 0.05) is 31.9 Å². The lowest BCUT2D eigenvalue weighted by Crippen LogP contribution is -2.32. The molecule has 1 unspecified atom stereocenters. The molecule has 0 spiro atoms. The molecule has 5 nitrogen and oxygen atoms in total. The average Bonchev–Trinajstić information content (AvgIpc) is 2.90. The molecule has 0 radical (unpaired) electrons. The van der Waals surface area contributed by atoms with Gasteiger partial charge >= 0.3 is 5.97 Å². The Morgan fingerprint density at radius 3 is 2.71 bits per heavy atom. The number of aryl methyl sites for hydroxylation is 1. The number of rotatable bonds is 7. The van der Waals surface area contributed by atoms with Crippen molar-refractivity contribution in [2.24, 2.45) is 7.05 Å². The van der Waals surface area contributed by atoms with Crippen LogP contribution in [0.1, 0.15) is 24.2 Å². The number of nitrogens with one attached hydrogen (secondary N) is 1. The predicted octanol–water partition coefficient (Wildman–Crippen LogP) is 1.86. The molecular formula is C16H21N3O2. The van der Waals surface area contributed by atoms with Crippen molar-refractivity contribution in [3.05, 3.63) is 53.9 Å². The van der Waals surface area contributed by atoms with E-state index in [1.54, 1.807) is 6.20 Å². The summed E-state index contributed by atoms with van der Waals surface area (Å²) >= 11 is 0. The number of aromatic nitrogens is 2. The lowest BCUT2D eigenvalue weighted by molar-refractivity contribution is -0.145. The van der Waals surface area contributed by atoms with Crippen molar-refractivity contribution in [2.75, 3.05) is 13.2 Å². The van der Waals surface area contributed by atoms with E-state index in [1.807, 2.05) is 55.1 Å². The number of carbonyl (C=O) groups is 1. The molecule has 2 aromatic rings. The van der Waals surface area contributed by atoms with Gasteiger partial charge in [-0.1, -0.05) is 30.3 Å². The van der Waals surface area contributed by atoms with E-state index in [1.165, 1.54) is 0 Å². The molecule has 0 amide bonds. The summed E-state index contributed by atoms with van der Waals surface area (Å²) in [6, 6.07) is 11.2. The Balaban J connectivity index is 1.99. The van der Waals surface area contributed by atoms with Gasteiger partial charge in [0.05, 0.1) is 6.61 Å². The topological polar surface area (TPSA) is 56.1 Å². The minimum atomic E-state index is -0.431. The highest BCUT2D eigenvalue weighted by Crippen LogP contribution is 2.14. The fraction of sp³-hybridized carbons (Fsp3) is 0.375. The first-order valence-electron chi connectivity index (χ1n) is 7.14. The maximum atomic E-state index is 12.1. The van der Waals surface area contributed by atoms with Gasteiger partial charge in [0.15, 0.2) is 0 Å². The molecule has 0 saturated heterocycles. The summed E-state index contributed by atoms with van der Waals surface area (Å²) < 4.78 is 6.99. The van der Waals surface area contributed by atoms with E-state index < -0.39 is 6.04 Å². The van der Waals surface area contributed by atoms with E-state index in [0.717, 1.165) is 17.7 Å². The first kappa shape index (κ1) is 15.3. The van der Waals surface area contributed by atoms with Gasteiger partial charge < -0.3 is 10.1 Å². The van der Waals surface area contributed by atoms with Gasteiger partial charge in [0.2, 0.25) is 0 Å². The van der Waals surface area contributed by atoms with Crippen molar-refractivity contribution in [1.29, 1.82) is 0 Å². The van der Waals surface area contributed by atoms with Gasteiger partial charge in [-0.2, -0.15) is 5.10 Å². The van der Waals surface area contributed by atoms with Crippen molar-refractivity contribution in [2.45, 2.75) is 19.4 Å². The smallest absolute Gasteiger partial charge is 0.327 e. The highest BCUT2D eigenvalue weighted by molar-refractivity contribution is 5.77. The van der Waals surface area contributed by atoms with E-state index in [0.29, 0.717) is 13.2 Å². The predicted molar refractivity (Wildman–Crippen MR) is 80.7 cm³/mol. The zero-order valence-electron chi connectivity index (χ0n) is 12.5. The standard InChI is InChI=1S/C16H21N3O2/c1-3-21-16(20)15(13-7-5-4-6-8-13)17-11-9-14-10-12-18-19(14)2/h4-8,10,12,15,17H,3,9,11H2,1-2H3. The number of benzene rings is 1. The second-order valence-electron chi connectivity index (χ2n) is 4.75. The van der Waals surface area contributed by atoms with Crippen LogP contribution in [0, 0.1) is 0 Å². The van der Waals surface area contributed by atoms with Crippen LogP contribution in [0.4, 0.5) is 0 Å². The fourth-order valence-electron chi connectivity index (χ4n) is 2.20. The van der Waals surface area contributed by atoms with Gasteiger partial charge in [-0.05, 0) is 18.6 Å². The van der Waals surface area contributed by atoms with Crippen LogP contribution in [-0.4, -0.2) is 28.9 Å². The van der Waals surface area contributed by atoms with Crippen LogP contribution in [0.15, 0.2) is 42.6 Å². The summed E-state index contributed by atoms with van der Waals surface area (Å²) in [5.41, 5.74) is 2.04. The molecule has 112 valence electrons. The third-order valence-electron chi connectivity index (χ3n) is 3.31. The number of carbonyl (C=O) groups excluding carboxylic acids is 1. The molecule has 2 rings (SSSR count). The van der Waals surface area contributed by atoms with E-state index in [4.69, 9.17) is 4.74 Å². The number of nitrogens with zero attached hydrogens (tertiary/aromatic N) is 2. The lowest BCUT2D eigenvalue weighted by Gasteiger charge is -2.17. The quantitative estimate of drug-likeness (QED) is 0.790. The van der Waals surface area contributed by atoms with Crippen LogP contribution in [0.3, 0.4) is 0 Å². The normalized spacial score (nSPS) is 12.1. The van der Waals surface area contributed by atoms with Crippen LogP contribution < -0.4 is 5.32 Å². The number of hydrogen-bond acceptors (Lipinski definition) is 4. The Hall–Kier alpha value is -2.14. The van der Waals surface area contributed by atoms with Crippen LogP contribution in [0.5, 0.6) is 0 Å². The third-order valence-corrected chi connectivity index (χ3v) is 3.31. The molecule has 0 fully saturated rings. The Morgan fingerprint density at radius 2 is 2.10 bits per heavy atom. The second kappa shape index (κ2) is 7.59. The first-order valence-corrected chi connectivity index (χ1v) is 7.14. The van der Waals surface area contributed by atoms with E-state index >= 15 is 0 Å². The van der Waals surface area contributed by atoms with Crippen molar-refractivity contribution in [3.63, 3.8) is 0 Å². The third kappa shape index (κ3) is 4.16. The van der Waals surface area contributed by atoms with Crippen LogP contribution in [-0.2, 0) is 23.0 Å². The maximum absolute atomic E-state index is 12.1. The Labute approximate surface area is 124 Å². The average molecular weight is 287 g/mol. The van der Waals surface area contributed by atoms with Crippen molar-refractivity contribution in [3.8, 4) is 0 Å². The second-order valence-corrected chi connectivity index (χ2v) is 4.75. The summed E-state index contributed by atoms with van der Waals surface area (Å²) in [4.78, 5) is 12.1. The molecule has 1 aromatic heterocycles. The summed E-state index contributed by atoms with van der Waals surface area (Å²) in [5, 5.41) is 7.40. The largest absolute Gasteiger partial charge is 0.465 e. The zero-order valence-corrected chi connectivity index (χ0v) is 12.5. The van der Waals surface area contributed by atoms with E-state index in [-0.39, 0.29) is 5.97 Å². The highest BCUT2D eigenvalue weighted by atomic mass is 16.5. The Kier molecular flexibility index (Phi) is 5.51. The molecule has 0 aliphatic heterocycles. The van der Waals surface area contributed by atoms with Crippen molar-refractivity contribution < 1.29 is 9.53 Å². The molecule has 5 heteroatoms. The number of hydrogen-bond donors (Lipinski definition) is 1. The van der Waals surface area contributed by atoms with Crippen LogP contribution >= 0.6 is 0 Å². The molecule has 0 aliphatic carbocycles. The van der Waals surface area contributed by atoms with Crippen LogP contribution in [0.2, 0.25) is 0 Å². The minimum Gasteiger partial charge on any atom is -0.465 e. The molecule has 1 N–H and O–H groups in total. The summed E-state index contributed by atoms with van der Waals surface area (Å²) in [7, 11) is 1.91. The van der Waals surface area contributed by atoms with Crippen molar-refractivity contribution in [1.82, 2.24) is 15.1 Å². The number of esters is 1. The summed E-state index contributed by atoms with van der Waals surface area (Å²) in [6.07, 6.45) is 2.58. The molecule has 1 heterocycles. The van der Waals surface area contributed by atoms with Crippen molar-refractivity contribution >= 4 is 5.97 Å². The minimum absolute atomic E-state index is 0.242. The maximum Gasteiger partial charge on any atom is 0.327 e. The molecule has 0 bridgehead atoms. The molecule has 1 atom stereocenters.